The van der Waals surface area contributed by atoms with Crippen molar-refractivity contribution < 1.29 is 0 Å². The van der Waals surface area contributed by atoms with E-state index in [1.807, 2.05) is 0 Å². The third-order valence-electron chi connectivity index (χ3n) is 3.88. The van der Waals surface area contributed by atoms with E-state index in [2.05, 4.69) is 108 Å². The van der Waals surface area contributed by atoms with Crippen LogP contribution < -0.4 is 8.92 Å². The van der Waals surface area contributed by atoms with Gasteiger partial charge in [-0.3, -0.25) is 0 Å². The third-order valence-corrected chi connectivity index (χ3v) is 6.78. The first-order chi connectivity index (χ1) is 10.8. The Hall–Kier alpha value is 0.379. The van der Waals surface area contributed by atoms with Gasteiger partial charge in [-0.2, -0.15) is 0 Å². The summed E-state index contributed by atoms with van der Waals surface area (Å²) in [6, 6.07) is 20.0. The van der Waals surface area contributed by atoms with Gasteiger partial charge < -0.3 is 0 Å². The van der Waals surface area contributed by atoms with E-state index in [1.54, 1.807) is 0 Å². The Morgan fingerprint density at radius 1 is 0.773 bits per heavy atom. The number of rotatable bonds is 2. The van der Waals surface area contributed by atoms with Crippen molar-refractivity contribution in [1.29, 1.82) is 0 Å². The molecule has 112 valence electrons. The molecule has 0 saturated carbocycles. The molecule has 0 N–H and O–H groups in total. The molecular weight excluding hydrogens is 629 g/mol. The SMILES string of the molecule is Brc1ccc2c3c(ccc([Se]c4ccccc4)c13)CC2.II. The molecule has 1 aliphatic carbocycles. The molecule has 0 heterocycles. The van der Waals surface area contributed by atoms with Crippen molar-refractivity contribution in [3.63, 3.8) is 0 Å². The van der Waals surface area contributed by atoms with E-state index in [9.17, 15) is 0 Å². The van der Waals surface area contributed by atoms with Crippen molar-refractivity contribution in [2.45, 2.75) is 12.8 Å². The zero-order valence-electron chi connectivity index (χ0n) is 11.7. The van der Waals surface area contributed by atoms with Gasteiger partial charge in [-0.15, -0.1) is 0 Å². The van der Waals surface area contributed by atoms with Gasteiger partial charge in [0.2, 0.25) is 0 Å². The molecule has 0 saturated heterocycles. The molecular formula is C18H13BrI2Se. The van der Waals surface area contributed by atoms with Crippen molar-refractivity contribution in [3.8, 4) is 0 Å². The molecule has 0 atom stereocenters. The smallest absolute Gasteiger partial charge is 0 e. The van der Waals surface area contributed by atoms with Crippen LogP contribution in [0.5, 0.6) is 0 Å². The number of hydrogen-bond donors (Lipinski definition) is 0. The zero-order valence-corrected chi connectivity index (χ0v) is 19.3. The molecule has 4 heteroatoms. The second-order valence-electron chi connectivity index (χ2n) is 5.09. The van der Waals surface area contributed by atoms with E-state index in [4.69, 9.17) is 0 Å². The molecule has 4 rings (SSSR count). The Morgan fingerprint density at radius 2 is 1.41 bits per heavy atom. The van der Waals surface area contributed by atoms with Crippen LogP contribution in [0.25, 0.3) is 10.8 Å². The van der Waals surface area contributed by atoms with Gasteiger partial charge in [0.05, 0.1) is 0 Å². The van der Waals surface area contributed by atoms with Gasteiger partial charge in [0.1, 0.15) is 0 Å². The van der Waals surface area contributed by atoms with Crippen LogP contribution in [0.3, 0.4) is 0 Å². The minimum atomic E-state index is 0.365. The van der Waals surface area contributed by atoms with Crippen molar-refractivity contribution in [3.05, 3.63) is 70.2 Å². The maximum atomic E-state index is 3.77. The van der Waals surface area contributed by atoms with Crippen LogP contribution in [0.2, 0.25) is 0 Å². The monoisotopic (exact) mass is 642 g/mol. The second-order valence-corrected chi connectivity index (χ2v) is 8.29. The van der Waals surface area contributed by atoms with Crippen LogP contribution in [0.1, 0.15) is 11.1 Å². The van der Waals surface area contributed by atoms with Crippen LogP contribution in [0, 0.1) is 0 Å². The summed E-state index contributed by atoms with van der Waals surface area (Å²) in [6.45, 7) is 0. The quantitative estimate of drug-likeness (QED) is 0.269. The minimum Gasteiger partial charge on any atom is 0 e. The Morgan fingerprint density at radius 3 is 2.09 bits per heavy atom. The molecule has 0 bridgehead atoms. The normalized spacial score (nSPS) is 12.1. The summed E-state index contributed by atoms with van der Waals surface area (Å²) in [5.74, 6) is 0. The first kappa shape index (κ1) is 17.2. The summed E-state index contributed by atoms with van der Waals surface area (Å²) < 4.78 is 4.16. The van der Waals surface area contributed by atoms with Gasteiger partial charge in [-0.05, 0) is 0 Å². The summed E-state index contributed by atoms with van der Waals surface area (Å²) in [6.07, 6.45) is 2.39. The topological polar surface area (TPSA) is 0 Å². The zero-order chi connectivity index (χ0) is 15.5. The largest absolute Gasteiger partial charge is 0 e. The van der Waals surface area contributed by atoms with Crippen molar-refractivity contribution >= 4 is 87.8 Å². The first-order valence-electron chi connectivity index (χ1n) is 6.93. The molecule has 1 aliphatic rings. The van der Waals surface area contributed by atoms with Crippen molar-refractivity contribution in [2.75, 3.05) is 0 Å². The molecule has 0 aromatic heterocycles. The maximum Gasteiger partial charge on any atom is 0 e. The predicted molar refractivity (Wildman–Crippen MR) is 119 cm³/mol. The summed E-state index contributed by atoms with van der Waals surface area (Å²) in [5, 5.41) is 2.95. The number of hydrogen-bond acceptors (Lipinski definition) is 0. The Balaban J connectivity index is 0.000000693. The first-order valence-corrected chi connectivity index (χ1v) is 15.7. The minimum absolute atomic E-state index is 0.365. The third kappa shape index (κ3) is 3.41. The average Bonchev–Trinajstić information content (AvgIpc) is 2.99. The summed E-state index contributed by atoms with van der Waals surface area (Å²) >= 11 is 8.37. The molecule has 0 spiro atoms. The fourth-order valence-corrected chi connectivity index (χ4v) is 5.89. The average molecular weight is 642 g/mol. The summed E-state index contributed by atoms with van der Waals surface area (Å²) in [7, 11) is 0. The van der Waals surface area contributed by atoms with Gasteiger partial charge in [0.15, 0.2) is 0 Å². The molecule has 0 fully saturated rings. The Bertz CT molecular complexity index is 793. The molecule has 0 unspecified atom stereocenters. The summed E-state index contributed by atoms with van der Waals surface area (Å²) in [5.41, 5.74) is 3.04. The molecule has 22 heavy (non-hydrogen) atoms. The van der Waals surface area contributed by atoms with Gasteiger partial charge in [-0.1, -0.05) is 0 Å². The molecule has 0 aliphatic heterocycles. The molecule has 3 aromatic rings. The van der Waals surface area contributed by atoms with Crippen molar-refractivity contribution in [1.82, 2.24) is 0 Å². The summed E-state index contributed by atoms with van der Waals surface area (Å²) in [4.78, 5) is 0. The standard InChI is InChI=1S/C18H13BrSe.I2/c19-15-10-8-12-6-7-13-9-11-16(18(15)17(12)13)20-14-4-2-1-3-5-14;1-2/h1-5,8-11H,6-7H2;. The maximum absolute atomic E-state index is 3.77. The Labute approximate surface area is 169 Å². The van der Waals surface area contributed by atoms with E-state index in [-0.39, 0.29) is 0 Å². The van der Waals surface area contributed by atoms with E-state index < -0.39 is 0 Å². The van der Waals surface area contributed by atoms with E-state index in [1.165, 1.54) is 48.1 Å². The van der Waals surface area contributed by atoms with E-state index in [0.29, 0.717) is 15.0 Å². The van der Waals surface area contributed by atoms with Crippen LogP contribution in [0.15, 0.2) is 59.1 Å². The fourth-order valence-electron chi connectivity index (χ4n) is 2.96. The second kappa shape index (κ2) is 7.97. The number of benzene rings is 3. The molecule has 0 radical (unpaired) electrons. The fraction of sp³-hybridized carbons (Fsp3) is 0.111. The van der Waals surface area contributed by atoms with Crippen molar-refractivity contribution in [2.24, 2.45) is 0 Å². The molecule has 0 nitrogen and oxygen atoms in total. The molecule has 0 amide bonds. The van der Waals surface area contributed by atoms with Gasteiger partial charge in [0.25, 0.3) is 0 Å². The molecule has 3 aromatic carbocycles. The van der Waals surface area contributed by atoms with E-state index in [0.717, 1.165) is 0 Å². The van der Waals surface area contributed by atoms with Crippen LogP contribution in [-0.2, 0) is 12.8 Å². The number of halogens is 3. The van der Waals surface area contributed by atoms with Gasteiger partial charge >= 0.3 is 134 Å². The van der Waals surface area contributed by atoms with Gasteiger partial charge in [0, 0.05) is 37.2 Å². The van der Waals surface area contributed by atoms with Crippen LogP contribution in [-0.4, -0.2) is 15.0 Å². The number of aryl methyl sites for hydroxylation is 2. The Kier molecular flexibility index (Phi) is 6.23. The van der Waals surface area contributed by atoms with E-state index >= 15 is 0 Å². The van der Waals surface area contributed by atoms with Gasteiger partial charge in [-0.25, -0.2) is 0 Å². The van der Waals surface area contributed by atoms with Crippen LogP contribution >= 0.6 is 53.2 Å². The predicted octanol–water partition coefficient (Wildman–Crippen LogP) is 5.13. The van der Waals surface area contributed by atoms with Crippen LogP contribution in [0.4, 0.5) is 0 Å².